The Kier molecular flexibility index (Phi) is 4.02. The van der Waals surface area contributed by atoms with Gasteiger partial charge in [-0.25, -0.2) is 9.78 Å². The molecule has 110 valence electrons. The molecule has 0 amide bonds. The second-order valence-corrected chi connectivity index (χ2v) is 6.16. The number of aromatic nitrogens is 1. The lowest BCUT2D eigenvalue weighted by Gasteiger charge is -2.04. The monoisotopic (exact) mass is 309 g/mol. The predicted molar refractivity (Wildman–Crippen MR) is 90.3 cm³/mol. The van der Waals surface area contributed by atoms with Gasteiger partial charge in [0.1, 0.15) is 0 Å². The van der Waals surface area contributed by atoms with Crippen molar-refractivity contribution in [3.8, 4) is 0 Å². The second-order valence-electron chi connectivity index (χ2n) is 5.04. The number of hydrogen-bond acceptors (Lipinski definition) is 3. The van der Waals surface area contributed by atoms with Crippen molar-refractivity contribution in [3.63, 3.8) is 0 Å². The fourth-order valence-electron chi connectivity index (χ4n) is 2.45. The highest BCUT2D eigenvalue weighted by Crippen LogP contribution is 2.25. The summed E-state index contributed by atoms with van der Waals surface area (Å²) in [5.41, 5.74) is 2.11. The highest BCUT2D eigenvalue weighted by Gasteiger charge is 2.08. The second kappa shape index (κ2) is 6.12. The molecule has 3 rings (SSSR count). The number of thiazole rings is 1. The Morgan fingerprint density at radius 2 is 2.00 bits per heavy atom. The molecule has 0 aliphatic rings. The maximum absolute atomic E-state index is 10.6. The van der Waals surface area contributed by atoms with Gasteiger partial charge < -0.3 is 5.11 Å². The molecule has 0 atom stereocenters. The quantitative estimate of drug-likeness (QED) is 0.731. The van der Waals surface area contributed by atoms with Crippen LogP contribution in [0.25, 0.3) is 16.8 Å². The van der Waals surface area contributed by atoms with Gasteiger partial charge >= 0.3 is 5.97 Å². The molecule has 0 saturated heterocycles. The van der Waals surface area contributed by atoms with Gasteiger partial charge in [0, 0.05) is 12.5 Å². The summed E-state index contributed by atoms with van der Waals surface area (Å²) in [7, 11) is 0. The van der Waals surface area contributed by atoms with Crippen molar-refractivity contribution in [3.05, 3.63) is 69.7 Å². The number of aryl methyl sites for hydroxylation is 1. The van der Waals surface area contributed by atoms with E-state index in [4.69, 9.17) is 5.11 Å². The van der Waals surface area contributed by atoms with Gasteiger partial charge in [-0.3, -0.25) is 0 Å². The first-order chi connectivity index (χ1) is 10.6. The first-order valence-electron chi connectivity index (χ1n) is 6.97. The largest absolute Gasteiger partial charge is 0.478 e. The average molecular weight is 309 g/mol. The molecule has 0 aliphatic heterocycles. The first-order valence-corrected chi connectivity index (χ1v) is 7.79. The zero-order valence-corrected chi connectivity index (χ0v) is 12.9. The number of rotatable bonds is 4. The van der Waals surface area contributed by atoms with Gasteiger partial charge in [0.05, 0.1) is 15.6 Å². The Labute approximate surface area is 132 Å². The van der Waals surface area contributed by atoms with Crippen molar-refractivity contribution in [1.29, 1.82) is 0 Å². The molecule has 1 N–H and O–H groups in total. The standard InChI is InChI=1S/C18H15NO2S/c1-12-16(9-10-18(20)21)22-17(19-12)11-14-7-4-6-13-5-2-3-8-15(13)14/h2-10H,11H2,1H3,(H,20,21)/b10-9+. The zero-order chi connectivity index (χ0) is 15.5. The number of carbonyl (C=O) groups is 1. The molecule has 22 heavy (non-hydrogen) atoms. The molecule has 0 aliphatic carbocycles. The highest BCUT2D eigenvalue weighted by atomic mass is 32.1. The number of carboxylic acids is 1. The summed E-state index contributed by atoms with van der Waals surface area (Å²) in [6.07, 6.45) is 3.53. The van der Waals surface area contributed by atoms with Gasteiger partial charge in [-0.05, 0) is 29.3 Å². The SMILES string of the molecule is Cc1nc(Cc2cccc3ccccc23)sc1/C=C/C(=O)O. The average Bonchev–Trinajstić information content (AvgIpc) is 2.85. The van der Waals surface area contributed by atoms with Crippen molar-refractivity contribution in [2.45, 2.75) is 13.3 Å². The van der Waals surface area contributed by atoms with Gasteiger partial charge in [0.25, 0.3) is 0 Å². The number of benzene rings is 2. The molecule has 0 radical (unpaired) electrons. The molecular weight excluding hydrogens is 294 g/mol. The number of carboxylic acid groups (broad SMARTS) is 1. The summed E-state index contributed by atoms with van der Waals surface area (Å²) in [5, 5.41) is 12.2. The van der Waals surface area contributed by atoms with Crippen LogP contribution >= 0.6 is 11.3 Å². The Morgan fingerprint density at radius 3 is 2.82 bits per heavy atom. The van der Waals surface area contributed by atoms with E-state index < -0.39 is 5.97 Å². The molecule has 0 saturated carbocycles. The molecule has 4 heteroatoms. The smallest absolute Gasteiger partial charge is 0.328 e. The van der Waals surface area contributed by atoms with Crippen LogP contribution in [0.3, 0.4) is 0 Å². The van der Waals surface area contributed by atoms with E-state index in [1.165, 1.54) is 16.3 Å². The third kappa shape index (κ3) is 3.07. The van der Waals surface area contributed by atoms with E-state index in [-0.39, 0.29) is 0 Å². The summed E-state index contributed by atoms with van der Waals surface area (Å²) in [6, 6.07) is 14.6. The van der Waals surface area contributed by atoms with E-state index in [9.17, 15) is 4.79 Å². The van der Waals surface area contributed by atoms with Crippen LogP contribution in [0.15, 0.2) is 48.5 Å². The van der Waals surface area contributed by atoms with Gasteiger partial charge in [-0.2, -0.15) is 0 Å². The van der Waals surface area contributed by atoms with Crippen molar-refractivity contribution in [1.82, 2.24) is 4.98 Å². The maximum atomic E-state index is 10.6. The van der Waals surface area contributed by atoms with Crippen LogP contribution in [0.1, 0.15) is 21.1 Å². The van der Waals surface area contributed by atoms with E-state index in [2.05, 4.69) is 35.3 Å². The van der Waals surface area contributed by atoms with Gasteiger partial charge in [0.15, 0.2) is 0 Å². The van der Waals surface area contributed by atoms with Crippen LogP contribution in [-0.4, -0.2) is 16.1 Å². The molecule has 0 fully saturated rings. The molecule has 1 aromatic heterocycles. The lowest BCUT2D eigenvalue weighted by molar-refractivity contribution is -0.131. The minimum Gasteiger partial charge on any atom is -0.478 e. The van der Waals surface area contributed by atoms with Crippen LogP contribution in [0.4, 0.5) is 0 Å². The fraction of sp³-hybridized carbons (Fsp3) is 0.111. The third-order valence-corrected chi connectivity index (χ3v) is 4.60. The normalized spacial score (nSPS) is 11.3. The molecular formula is C18H15NO2S. The molecule has 2 aromatic carbocycles. The lowest BCUT2D eigenvalue weighted by atomic mass is 10.0. The number of fused-ring (bicyclic) bond motifs is 1. The first kappa shape index (κ1) is 14.5. The number of nitrogens with zero attached hydrogens (tertiary/aromatic N) is 1. The van der Waals surface area contributed by atoms with Crippen LogP contribution in [-0.2, 0) is 11.2 Å². The number of hydrogen-bond donors (Lipinski definition) is 1. The van der Waals surface area contributed by atoms with Crippen LogP contribution in [0.5, 0.6) is 0 Å². The maximum Gasteiger partial charge on any atom is 0.328 e. The van der Waals surface area contributed by atoms with Crippen molar-refractivity contribution >= 4 is 34.2 Å². The topological polar surface area (TPSA) is 50.2 Å². The minimum absolute atomic E-state index is 0.758. The fourth-order valence-corrected chi connectivity index (χ4v) is 3.45. The number of aliphatic carboxylic acids is 1. The Hall–Kier alpha value is -2.46. The summed E-state index contributed by atoms with van der Waals surface area (Å²) in [4.78, 5) is 16.1. The molecule has 3 aromatic rings. The van der Waals surface area contributed by atoms with E-state index in [0.29, 0.717) is 0 Å². The summed E-state index contributed by atoms with van der Waals surface area (Å²) < 4.78 is 0. The Balaban J connectivity index is 1.92. The van der Waals surface area contributed by atoms with Crippen LogP contribution in [0.2, 0.25) is 0 Å². The van der Waals surface area contributed by atoms with Gasteiger partial charge in [-0.15, -0.1) is 11.3 Å². The Bertz CT molecular complexity index is 859. The van der Waals surface area contributed by atoms with Gasteiger partial charge in [-0.1, -0.05) is 42.5 Å². The van der Waals surface area contributed by atoms with Crippen molar-refractivity contribution < 1.29 is 9.90 Å². The minimum atomic E-state index is -0.941. The highest BCUT2D eigenvalue weighted by molar-refractivity contribution is 7.12. The summed E-state index contributed by atoms with van der Waals surface area (Å²) in [6.45, 7) is 1.91. The molecule has 3 nitrogen and oxygen atoms in total. The lowest BCUT2D eigenvalue weighted by Crippen LogP contribution is -1.89. The van der Waals surface area contributed by atoms with E-state index in [1.54, 1.807) is 17.4 Å². The zero-order valence-electron chi connectivity index (χ0n) is 12.1. The summed E-state index contributed by atoms with van der Waals surface area (Å²) >= 11 is 1.54. The van der Waals surface area contributed by atoms with Gasteiger partial charge in [0.2, 0.25) is 0 Å². The van der Waals surface area contributed by atoms with E-state index in [1.807, 2.05) is 19.1 Å². The Morgan fingerprint density at radius 1 is 1.23 bits per heavy atom. The van der Waals surface area contributed by atoms with E-state index in [0.717, 1.165) is 28.1 Å². The molecule has 1 heterocycles. The van der Waals surface area contributed by atoms with E-state index >= 15 is 0 Å². The molecule has 0 spiro atoms. The third-order valence-electron chi connectivity index (χ3n) is 3.48. The molecule has 0 bridgehead atoms. The summed E-state index contributed by atoms with van der Waals surface area (Å²) in [5.74, 6) is -0.941. The van der Waals surface area contributed by atoms with Crippen molar-refractivity contribution in [2.75, 3.05) is 0 Å². The molecule has 0 unspecified atom stereocenters. The predicted octanol–water partition coefficient (Wildman–Crippen LogP) is 4.29. The van der Waals surface area contributed by atoms with Crippen LogP contribution < -0.4 is 0 Å². The van der Waals surface area contributed by atoms with Crippen LogP contribution in [0, 0.1) is 6.92 Å². The van der Waals surface area contributed by atoms with Crippen molar-refractivity contribution in [2.24, 2.45) is 0 Å².